The van der Waals surface area contributed by atoms with E-state index in [1.165, 1.54) is 22.3 Å². The molecule has 0 aliphatic rings. The molecule has 0 saturated carbocycles. The highest BCUT2D eigenvalue weighted by molar-refractivity contribution is 5.64. The lowest BCUT2D eigenvalue weighted by Crippen LogP contribution is -2.08. The lowest BCUT2D eigenvalue weighted by atomic mass is 9.99. The van der Waals surface area contributed by atoms with Crippen LogP contribution in [0.25, 0.3) is 11.1 Å². The number of nitrogens with two attached hydrogens (primary N) is 1. The van der Waals surface area contributed by atoms with Crippen LogP contribution in [0, 0.1) is 0 Å². The number of benzene rings is 2. The zero-order valence-electron chi connectivity index (χ0n) is 11.6. The van der Waals surface area contributed by atoms with Crippen molar-refractivity contribution in [3.8, 4) is 11.1 Å². The fourth-order valence-corrected chi connectivity index (χ4v) is 2.12. The molecule has 0 amide bonds. The van der Waals surface area contributed by atoms with E-state index < -0.39 is 0 Å². The first-order chi connectivity index (χ1) is 9.24. The molecule has 1 atom stereocenters. The number of methoxy groups -OCH3 is 1. The second kappa shape index (κ2) is 6.50. The van der Waals surface area contributed by atoms with E-state index in [9.17, 15) is 0 Å². The van der Waals surface area contributed by atoms with E-state index in [4.69, 9.17) is 10.5 Å². The lowest BCUT2D eigenvalue weighted by molar-refractivity contribution is 0.185. The van der Waals surface area contributed by atoms with Gasteiger partial charge in [0, 0.05) is 13.2 Å². The summed E-state index contributed by atoms with van der Waals surface area (Å²) in [5.74, 6) is 0. The average molecular weight is 255 g/mol. The molecule has 2 aromatic rings. The van der Waals surface area contributed by atoms with Crippen molar-refractivity contribution in [1.82, 2.24) is 0 Å². The molecule has 0 aliphatic carbocycles. The summed E-state index contributed by atoms with van der Waals surface area (Å²) in [6.45, 7) is 2.76. The Hall–Kier alpha value is -1.64. The van der Waals surface area contributed by atoms with Crippen LogP contribution in [0.2, 0.25) is 0 Å². The van der Waals surface area contributed by atoms with Gasteiger partial charge in [0.25, 0.3) is 0 Å². The minimum Gasteiger partial charge on any atom is -0.380 e. The van der Waals surface area contributed by atoms with E-state index in [1.807, 2.05) is 0 Å². The van der Waals surface area contributed by atoms with Gasteiger partial charge in [0.2, 0.25) is 0 Å². The molecule has 2 rings (SSSR count). The normalized spacial score (nSPS) is 12.4. The zero-order valence-corrected chi connectivity index (χ0v) is 11.6. The summed E-state index contributed by atoms with van der Waals surface area (Å²) in [5.41, 5.74) is 10.8. The minimum absolute atomic E-state index is 0.137. The van der Waals surface area contributed by atoms with Crippen LogP contribution in [-0.2, 0) is 11.3 Å². The number of hydrogen-bond acceptors (Lipinski definition) is 2. The molecule has 0 bridgehead atoms. The van der Waals surface area contributed by atoms with E-state index in [-0.39, 0.29) is 6.04 Å². The van der Waals surface area contributed by atoms with E-state index in [2.05, 4.69) is 55.5 Å². The molecule has 0 heterocycles. The second-order valence-corrected chi connectivity index (χ2v) is 4.77. The topological polar surface area (TPSA) is 35.2 Å². The minimum atomic E-state index is 0.137. The maximum atomic E-state index is 6.02. The van der Waals surface area contributed by atoms with Gasteiger partial charge in [0.05, 0.1) is 6.61 Å². The first kappa shape index (κ1) is 13.8. The van der Waals surface area contributed by atoms with Gasteiger partial charge in [-0.15, -0.1) is 0 Å². The fourth-order valence-electron chi connectivity index (χ4n) is 2.12. The van der Waals surface area contributed by atoms with Gasteiger partial charge in [0.1, 0.15) is 0 Å². The van der Waals surface area contributed by atoms with Crippen molar-refractivity contribution in [2.75, 3.05) is 7.11 Å². The summed E-state index contributed by atoms with van der Waals surface area (Å²) in [6, 6.07) is 17.1. The largest absolute Gasteiger partial charge is 0.380 e. The quantitative estimate of drug-likeness (QED) is 0.879. The Morgan fingerprint density at radius 3 is 1.95 bits per heavy atom. The molecule has 0 saturated heterocycles. The summed E-state index contributed by atoms with van der Waals surface area (Å²) in [5, 5.41) is 0. The predicted octanol–water partition coefficient (Wildman–Crippen LogP) is 3.91. The van der Waals surface area contributed by atoms with Gasteiger partial charge < -0.3 is 10.5 Å². The van der Waals surface area contributed by atoms with Gasteiger partial charge in [-0.1, -0.05) is 55.5 Å². The van der Waals surface area contributed by atoms with Crippen LogP contribution in [0.15, 0.2) is 48.5 Å². The van der Waals surface area contributed by atoms with Crippen molar-refractivity contribution < 1.29 is 4.74 Å². The van der Waals surface area contributed by atoms with Crippen molar-refractivity contribution >= 4 is 0 Å². The molecule has 0 spiro atoms. The Bertz CT molecular complexity index is 502. The van der Waals surface area contributed by atoms with Crippen molar-refractivity contribution in [2.24, 2.45) is 5.73 Å². The Labute approximate surface area is 115 Å². The van der Waals surface area contributed by atoms with E-state index >= 15 is 0 Å². The molecule has 0 aliphatic heterocycles. The lowest BCUT2D eigenvalue weighted by Gasteiger charge is -2.10. The molecule has 2 nitrogen and oxygen atoms in total. The number of rotatable bonds is 5. The third-order valence-corrected chi connectivity index (χ3v) is 3.38. The maximum absolute atomic E-state index is 6.02. The molecule has 0 fully saturated rings. The number of ether oxygens (including phenoxy) is 1. The van der Waals surface area contributed by atoms with Crippen LogP contribution in [0.5, 0.6) is 0 Å². The Morgan fingerprint density at radius 2 is 1.47 bits per heavy atom. The summed E-state index contributed by atoms with van der Waals surface area (Å²) in [4.78, 5) is 0. The SMILES string of the molecule is CCC(N)c1ccc(-c2ccc(COC)cc2)cc1. The molecular weight excluding hydrogens is 234 g/mol. The van der Waals surface area contributed by atoms with Gasteiger partial charge in [-0.05, 0) is 28.7 Å². The maximum Gasteiger partial charge on any atom is 0.0713 e. The summed E-state index contributed by atoms with van der Waals surface area (Å²) in [6.07, 6.45) is 0.963. The van der Waals surface area contributed by atoms with Crippen molar-refractivity contribution in [2.45, 2.75) is 26.0 Å². The van der Waals surface area contributed by atoms with Crippen LogP contribution >= 0.6 is 0 Å². The van der Waals surface area contributed by atoms with Crippen LogP contribution in [0.4, 0.5) is 0 Å². The zero-order chi connectivity index (χ0) is 13.7. The van der Waals surface area contributed by atoms with Crippen molar-refractivity contribution in [3.05, 3.63) is 59.7 Å². The first-order valence-electron chi connectivity index (χ1n) is 6.68. The second-order valence-electron chi connectivity index (χ2n) is 4.77. The summed E-state index contributed by atoms with van der Waals surface area (Å²) < 4.78 is 5.11. The van der Waals surface area contributed by atoms with Crippen LogP contribution in [0.1, 0.15) is 30.5 Å². The molecule has 2 N–H and O–H groups in total. The fraction of sp³-hybridized carbons (Fsp3) is 0.294. The predicted molar refractivity (Wildman–Crippen MR) is 79.8 cm³/mol. The van der Waals surface area contributed by atoms with Crippen LogP contribution in [-0.4, -0.2) is 7.11 Å². The number of hydrogen-bond donors (Lipinski definition) is 1. The van der Waals surface area contributed by atoms with E-state index in [0.717, 1.165) is 6.42 Å². The molecule has 0 radical (unpaired) electrons. The Morgan fingerprint density at radius 1 is 0.947 bits per heavy atom. The summed E-state index contributed by atoms with van der Waals surface area (Å²) in [7, 11) is 1.71. The van der Waals surface area contributed by atoms with Gasteiger partial charge >= 0.3 is 0 Å². The Balaban J connectivity index is 2.17. The highest BCUT2D eigenvalue weighted by Gasteiger charge is 2.03. The first-order valence-corrected chi connectivity index (χ1v) is 6.68. The van der Waals surface area contributed by atoms with Gasteiger partial charge in [0.15, 0.2) is 0 Å². The van der Waals surface area contributed by atoms with Gasteiger partial charge in [-0.3, -0.25) is 0 Å². The smallest absolute Gasteiger partial charge is 0.0713 e. The molecule has 100 valence electrons. The third kappa shape index (κ3) is 3.43. The van der Waals surface area contributed by atoms with E-state index in [1.54, 1.807) is 7.11 Å². The van der Waals surface area contributed by atoms with E-state index in [0.29, 0.717) is 6.61 Å². The molecule has 19 heavy (non-hydrogen) atoms. The van der Waals surface area contributed by atoms with Crippen molar-refractivity contribution in [1.29, 1.82) is 0 Å². The Kier molecular flexibility index (Phi) is 4.72. The molecule has 0 aromatic heterocycles. The van der Waals surface area contributed by atoms with Crippen molar-refractivity contribution in [3.63, 3.8) is 0 Å². The molecular formula is C17H21NO. The highest BCUT2D eigenvalue weighted by Crippen LogP contribution is 2.22. The van der Waals surface area contributed by atoms with Crippen LogP contribution in [0.3, 0.4) is 0 Å². The molecule has 2 aromatic carbocycles. The van der Waals surface area contributed by atoms with Crippen LogP contribution < -0.4 is 5.73 Å². The molecule has 1 unspecified atom stereocenters. The highest BCUT2D eigenvalue weighted by atomic mass is 16.5. The third-order valence-electron chi connectivity index (χ3n) is 3.38. The standard InChI is InChI=1S/C17H21NO/c1-3-17(18)16-10-8-15(9-11-16)14-6-4-13(5-7-14)12-19-2/h4-11,17H,3,12,18H2,1-2H3. The average Bonchev–Trinajstić information content (AvgIpc) is 2.48. The molecule has 2 heteroatoms. The van der Waals surface area contributed by atoms with Gasteiger partial charge in [-0.2, -0.15) is 0 Å². The summed E-state index contributed by atoms with van der Waals surface area (Å²) >= 11 is 0. The van der Waals surface area contributed by atoms with Gasteiger partial charge in [-0.25, -0.2) is 0 Å². The monoisotopic (exact) mass is 255 g/mol.